The largest absolute Gasteiger partial charge is 0.453 e. The van der Waals surface area contributed by atoms with Crippen molar-refractivity contribution in [3.8, 4) is 0 Å². The van der Waals surface area contributed by atoms with Gasteiger partial charge in [0.2, 0.25) is 0 Å². The van der Waals surface area contributed by atoms with Crippen LogP contribution in [0.5, 0.6) is 0 Å². The fourth-order valence-electron chi connectivity index (χ4n) is 2.74. The Morgan fingerprint density at radius 2 is 1.78 bits per heavy atom. The van der Waals surface area contributed by atoms with Crippen molar-refractivity contribution in [2.75, 3.05) is 0 Å². The smallest absolute Gasteiger partial charge is 0.272 e. The number of rotatable bonds is 6. The van der Waals surface area contributed by atoms with E-state index in [9.17, 15) is 4.79 Å². The average molecular weight is 398 g/mol. The monoisotopic (exact) mass is 397 g/mol. The lowest BCUT2D eigenvalue weighted by molar-refractivity contribution is 0.416. The van der Waals surface area contributed by atoms with Crippen LogP contribution >= 0.6 is 23.4 Å². The molecule has 2 heterocycles. The van der Waals surface area contributed by atoms with Crippen molar-refractivity contribution in [1.29, 1.82) is 0 Å². The second-order valence-electron chi connectivity index (χ2n) is 5.93. The number of aromatic amines is 1. The van der Waals surface area contributed by atoms with Crippen molar-refractivity contribution in [3.05, 3.63) is 87.5 Å². The van der Waals surface area contributed by atoms with E-state index >= 15 is 0 Å². The van der Waals surface area contributed by atoms with Crippen molar-refractivity contribution in [1.82, 2.24) is 15.5 Å². The molecular weight excluding hydrogens is 382 g/mol. The highest BCUT2D eigenvalue weighted by Crippen LogP contribution is 2.30. The van der Waals surface area contributed by atoms with Crippen LogP contribution in [0.3, 0.4) is 0 Å². The predicted molar refractivity (Wildman–Crippen MR) is 107 cm³/mol. The quantitative estimate of drug-likeness (QED) is 0.497. The summed E-state index contributed by atoms with van der Waals surface area (Å²) in [5, 5.41) is 13.0. The van der Waals surface area contributed by atoms with Gasteiger partial charge >= 0.3 is 0 Å². The molecule has 0 aliphatic rings. The number of benzene rings is 2. The Morgan fingerprint density at radius 1 is 1.00 bits per heavy atom. The molecule has 4 aromatic rings. The second kappa shape index (κ2) is 8.00. The zero-order valence-corrected chi connectivity index (χ0v) is 15.8. The minimum Gasteiger partial charge on any atom is -0.453 e. The summed E-state index contributed by atoms with van der Waals surface area (Å²) in [6.07, 6.45) is 0. The van der Waals surface area contributed by atoms with Crippen molar-refractivity contribution in [3.63, 3.8) is 0 Å². The van der Waals surface area contributed by atoms with Crippen molar-refractivity contribution >= 4 is 34.1 Å². The van der Waals surface area contributed by atoms with Crippen LogP contribution < -0.4 is 10.9 Å². The highest BCUT2D eigenvalue weighted by atomic mass is 35.5. The van der Waals surface area contributed by atoms with E-state index in [-0.39, 0.29) is 5.56 Å². The Hall–Kier alpha value is -2.54. The van der Waals surface area contributed by atoms with Gasteiger partial charge in [0, 0.05) is 21.8 Å². The van der Waals surface area contributed by atoms with Gasteiger partial charge in [0.15, 0.2) is 5.09 Å². The second-order valence-corrected chi connectivity index (χ2v) is 7.44. The molecule has 0 saturated heterocycles. The molecule has 7 heteroatoms. The first kappa shape index (κ1) is 17.9. The molecule has 0 amide bonds. The first-order valence-corrected chi connectivity index (χ1v) is 9.57. The number of aromatic nitrogens is 2. The number of hydrogen-bond donors (Lipinski definition) is 2. The molecule has 0 aliphatic heterocycles. The molecule has 0 radical (unpaired) electrons. The van der Waals surface area contributed by atoms with Crippen molar-refractivity contribution in [2.45, 2.75) is 23.1 Å². The standard InChI is InChI=1S/C20H16ClN3O2S/c21-13-5-8-15(9-6-13)27-19-10-7-14(26-19)11-22-12-18-16-3-1-2-4-17(16)20(25)24-23-18/h1-10,22H,11-12H2,(H,24,25). The summed E-state index contributed by atoms with van der Waals surface area (Å²) in [4.78, 5) is 12.9. The molecule has 0 spiro atoms. The van der Waals surface area contributed by atoms with Gasteiger partial charge in [-0.15, -0.1) is 0 Å². The molecule has 136 valence electrons. The average Bonchev–Trinajstić information content (AvgIpc) is 3.13. The zero-order chi connectivity index (χ0) is 18.6. The van der Waals surface area contributed by atoms with Crippen LogP contribution in [0.4, 0.5) is 0 Å². The van der Waals surface area contributed by atoms with Crippen LogP contribution in [0.1, 0.15) is 11.5 Å². The third-order valence-electron chi connectivity index (χ3n) is 4.04. The van der Waals surface area contributed by atoms with E-state index in [2.05, 4.69) is 15.5 Å². The van der Waals surface area contributed by atoms with Gasteiger partial charge in [-0.1, -0.05) is 41.6 Å². The SMILES string of the molecule is O=c1[nH]nc(CNCc2ccc(Sc3ccc(Cl)cc3)o2)c2ccccc12. The lowest BCUT2D eigenvalue weighted by Crippen LogP contribution is -2.17. The number of halogens is 1. The van der Waals surface area contributed by atoms with Gasteiger partial charge in [-0.3, -0.25) is 4.79 Å². The summed E-state index contributed by atoms with van der Waals surface area (Å²) in [6.45, 7) is 1.09. The number of fused-ring (bicyclic) bond motifs is 1. The summed E-state index contributed by atoms with van der Waals surface area (Å²) >= 11 is 7.45. The van der Waals surface area contributed by atoms with Gasteiger partial charge in [0.05, 0.1) is 17.6 Å². The highest BCUT2D eigenvalue weighted by Gasteiger charge is 2.07. The van der Waals surface area contributed by atoms with E-state index in [1.54, 1.807) is 17.8 Å². The van der Waals surface area contributed by atoms with Crippen molar-refractivity contribution < 1.29 is 4.42 Å². The van der Waals surface area contributed by atoms with E-state index in [4.69, 9.17) is 16.0 Å². The van der Waals surface area contributed by atoms with Gasteiger partial charge in [-0.25, -0.2) is 5.10 Å². The predicted octanol–water partition coefficient (Wildman–Crippen LogP) is 4.61. The third kappa shape index (κ3) is 4.24. The van der Waals surface area contributed by atoms with E-state index in [1.807, 2.05) is 54.6 Å². The molecule has 0 bridgehead atoms. The van der Waals surface area contributed by atoms with Gasteiger partial charge < -0.3 is 9.73 Å². The topological polar surface area (TPSA) is 70.9 Å². The van der Waals surface area contributed by atoms with E-state index in [0.29, 0.717) is 23.5 Å². The molecular formula is C20H16ClN3O2S. The number of hydrogen-bond acceptors (Lipinski definition) is 5. The summed E-state index contributed by atoms with van der Waals surface area (Å²) in [5.41, 5.74) is 0.622. The van der Waals surface area contributed by atoms with E-state index in [0.717, 1.165) is 26.8 Å². The zero-order valence-electron chi connectivity index (χ0n) is 14.2. The molecule has 0 unspecified atom stereocenters. The molecule has 0 fully saturated rings. The Bertz CT molecular complexity index is 1120. The van der Waals surface area contributed by atoms with Crippen LogP contribution in [0.25, 0.3) is 10.8 Å². The summed E-state index contributed by atoms with van der Waals surface area (Å²) < 4.78 is 5.85. The molecule has 0 aliphatic carbocycles. The number of furan rings is 1. The fourth-order valence-corrected chi connectivity index (χ4v) is 3.65. The van der Waals surface area contributed by atoms with E-state index in [1.165, 1.54) is 0 Å². The Morgan fingerprint density at radius 3 is 2.59 bits per heavy atom. The molecule has 0 saturated carbocycles. The Balaban J connectivity index is 1.39. The lowest BCUT2D eigenvalue weighted by atomic mass is 10.1. The molecule has 4 rings (SSSR count). The van der Waals surface area contributed by atoms with Gasteiger partial charge in [0.25, 0.3) is 5.56 Å². The third-order valence-corrected chi connectivity index (χ3v) is 5.22. The number of nitrogens with one attached hydrogen (secondary N) is 2. The number of nitrogens with zero attached hydrogens (tertiary/aromatic N) is 1. The van der Waals surface area contributed by atoms with Crippen LogP contribution in [0.2, 0.25) is 5.02 Å². The maximum absolute atomic E-state index is 11.8. The molecule has 27 heavy (non-hydrogen) atoms. The molecule has 2 aromatic heterocycles. The summed E-state index contributed by atoms with van der Waals surface area (Å²) in [7, 11) is 0. The van der Waals surface area contributed by atoms with Crippen LogP contribution in [0, 0.1) is 0 Å². The fraction of sp³-hybridized carbons (Fsp3) is 0.100. The first-order chi connectivity index (χ1) is 13.2. The van der Waals surface area contributed by atoms with Crippen molar-refractivity contribution in [2.24, 2.45) is 0 Å². The molecule has 2 aromatic carbocycles. The lowest BCUT2D eigenvalue weighted by Gasteiger charge is -2.05. The van der Waals surface area contributed by atoms with Gasteiger partial charge in [-0.05, 0) is 42.5 Å². The highest BCUT2D eigenvalue weighted by molar-refractivity contribution is 7.99. The minimum atomic E-state index is -0.177. The van der Waals surface area contributed by atoms with Gasteiger partial charge in [-0.2, -0.15) is 5.10 Å². The molecule has 0 atom stereocenters. The maximum atomic E-state index is 11.8. The molecule has 5 nitrogen and oxygen atoms in total. The Labute approximate surface area is 164 Å². The van der Waals surface area contributed by atoms with Crippen LogP contribution in [0.15, 0.2) is 79.9 Å². The summed E-state index contributed by atoms with van der Waals surface area (Å²) in [6, 6.07) is 19.0. The van der Waals surface area contributed by atoms with Crippen LogP contribution in [-0.4, -0.2) is 10.2 Å². The van der Waals surface area contributed by atoms with Crippen LogP contribution in [-0.2, 0) is 13.1 Å². The first-order valence-electron chi connectivity index (χ1n) is 8.38. The number of H-pyrrole nitrogens is 1. The minimum absolute atomic E-state index is 0.177. The maximum Gasteiger partial charge on any atom is 0.272 e. The Kier molecular flexibility index (Phi) is 5.29. The van der Waals surface area contributed by atoms with Gasteiger partial charge in [0.1, 0.15) is 5.76 Å². The normalized spacial score (nSPS) is 11.1. The molecule has 2 N–H and O–H groups in total. The van der Waals surface area contributed by atoms with E-state index < -0.39 is 0 Å². The summed E-state index contributed by atoms with van der Waals surface area (Å²) in [5.74, 6) is 0.834.